The number of phenolic OH excluding ortho intramolecular Hbond substituents is 1. The van der Waals surface area contributed by atoms with Crippen molar-refractivity contribution in [1.29, 1.82) is 0 Å². The Bertz CT molecular complexity index is 1160. The van der Waals surface area contributed by atoms with Gasteiger partial charge in [-0.25, -0.2) is 0 Å². The molecule has 0 aromatic heterocycles. The molecule has 0 unspecified atom stereocenters. The monoisotopic (exact) mass is 541 g/mol. The number of Topliss-reactive ketones (excluding diaryl/α,β-unsaturated/α-hetero) is 2. The minimum atomic E-state index is -2.66. The number of fused-ring (bicyclic) bond motifs is 3. The minimum Gasteiger partial charge on any atom is -0.508 e. The molecule has 1 aromatic carbocycles. The molecule has 0 spiro atoms. The fourth-order valence-corrected chi connectivity index (χ4v) is 5.68. The summed E-state index contributed by atoms with van der Waals surface area (Å²) in [4.78, 5) is 37.5. The minimum absolute atomic E-state index is 0.00158. The number of rotatable bonds is 2. The Morgan fingerprint density at radius 2 is 1.90 bits per heavy atom. The number of aliphatic hydroxyl groups excluding tert-OH is 2. The number of hydrogen-bond donors (Lipinski definition) is 7. The van der Waals surface area contributed by atoms with Crippen molar-refractivity contribution >= 4 is 45.8 Å². The first-order valence-corrected chi connectivity index (χ1v) is 10.5. The van der Waals surface area contributed by atoms with Crippen LogP contribution in [0.1, 0.15) is 29.5 Å². The fraction of sp³-hybridized carbons (Fsp3) is 0.350. The van der Waals surface area contributed by atoms with Gasteiger partial charge in [0.15, 0.2) is 11.4 Å². The molecule has 10 nitrogen and oxygen atoms in total. The highest BCUT2D eigenvalue weighted by molar-refractivity contribution is 14.1. The molecule has 31 heavy (non-hydrogen) atoms. The predicted octanol–water partition coefficient (Wildman–Crippen LogP) is -0.431. The van der Waals surface area contributed by atoms with E-state index < -0.39 is 63.6 Å². The van der Waals surface area contributed by atoms with E-state index in [2.05, 4.69) is 0 Å². The number of ketones is 2. The molecule has 0 bridgehead atoms. The van der Waals surface area contributed by atoms with Gasteiger partial charge in [0.05, 0.1) is 20.2 Å². The molecule has 0 heterocycles. The SMILES string of the molecule is NCc1cc(I)c(O)c2c1C[C@@]1(N)C[C@H]3CC(=O)C(C(N)=O)=C(O)[C@@]3(O)C(=O)C1=C2O. The molecule has 1 aromatic rings. The Labute approximate surface area is 189 Å². The number of aromatic hydroxyl groups is 1. The van der Waals surface area contributed by atoms with Gasteiger partial charge in [-0.2, -0.15) is 0 Å². The summed E-state index contributed by atoms with van der Waals surface area (Å²) >= 11 is 1.85. The van der Waals surface area contributed by atoms with Crippen LogP contribution in [0.2, 0.25) is 0 Å². The van der Waals surface area contributed by atoms with Crippen LogP contribution in [0.15, 0.2) is 23.0 Å². The third kappa shape index (κ3) is 2.70. The Hall–Kier alpha value is -2.48. The maximum atomic E-state index is 13.5. The molecule has 3 atom stereocenters. The molecule has 3 aliphatic carbocycles. The topological polar surface area (TPSA) is 210 Å². The number of aliphatic hydroxyl groups is 3. The smallest absolute Gasteiger partial charge is 0.255 e. The van der Waals surface area contributed by atoms with E-state index in [0.29, 0.717) is 14.7 Å². The number of carbonyl (C=O) groups excluding carboxylic acids is 3. The Morgan fingerprint density at radius 3 is 2.48 bits per heavy atom. The number of carbonyl (C=O) groups is 3. The van der Waals surface area contributed by atoms with E-state index in [1.54, 1.807) is 6.07 Å². The van der Waals surface area contributed by atoms with Gasteiger partial charge in [-0.05, 0) is 52.6 Å². The van der Waals surface area contributed by atoms with Crippen LogP contribution < -0.4 is 17.2 Å². The number of benzene rings is 1. The molecular weight excluding hydrogens is 521 g/mol. The highest BCUT2D eigenvalue weighted by Crippen LogP contribution is 2.53. The van der Waals surface area contributed by atoms with Crippen molar-refractivity contribution in [1.82, 2.24) is 0 Å². The van der Waals surface area contributed by atoms with E-state index in [1.165, 1.54) is 0 Å². The normalized spacial score (nSPS) is 30.1. The molecular formula is C20H20IN3O7. The van der Waals surface area contributed by atoms with E-state index >= 15 is 0 Å². The van der Waals surface area contributed by atoms with Gasteiger partial charge in [0, 0.05) is 18.9 Å². The Balaban J connectivity index is 2.02. The van der Waals surface area contributed by atoms with Crippen LogP contribution in [-0.4, -0.2) is 49.0 Å². The lowest BCUT2D eigenvalue weighted by atomic mass is 9.56. The number of hydrogen-bond acceptors (Lipinski definition) is 9. The van der Waals surface area contributed by atoms with Crippen LogP contribution in [0.5, 0.6) is 5.75 Å². The van der Waals surface area contributed by atoms with Crippen molar-refractivity contribution in [2.45, 2.75) is 36.9 Å². The summed E-state index contributed by atoms with van der Waals surface area (Å²) in [6.07, 6.45) is -0.600. The average molecular weight is 541 g/mol. The molecule has 0 aliphatic heterocycles. The molecule has 1 fully saturated rings. The molecule has 0 radical (unpaired) electrons. The molecule has 11 heteroatoms. The fourth-order valence-electron chi connectivity index (χ4n) is 5.03. The summed E-state index contributed by atoms with van der Waals surface area (Å²) in [5.74, 6) is -6.44. The lowest BCUT2D eigenvalue weighted by molar-refractivity contribution is -0.148. The molecule has 1 amide bonds. The van der Waals surface area contributed by atoms with Crippen molar-refractivity contribution in [2.24, 2.45) is 23.1 Å². The average Bonchev–Trinajstić information content (AvgIpc) is 2.67. The number of nitrogens with two attached hydrogens (primary N) is 3. The summed E-state index contributed by atoms with van der Waals surface area (Å²) in [6, 6.07) is 1.65. The van der Waals surface area contributed by atoms with Crippen molar-refractivity contribution in [3.05, 3.63) is 43.2 Å². The van der Waals surface area contributed by atoms with E-state index in [1.807, 2.05) is 22.6 Å². The second-order valence-electron chi connectivity index (χ2n) is 8.19. The maximum Gasteiger partial charge on any atom is 0.255 e. The van der Waals surface area contributed by atoms with E-state index in [4.69, 9.17) is 17.2 Å². The number of halogens is 1. The highest BCUT2D eigenvalue weighted by Gasteiger charge is 2.63. The van der Waals surface area contributed by atoms with E-state index in [-0.39, 0.29) is 30.7 Å². The predicted molar refractivity (Wildman–Crippen MR) is 115 cm³/mol. The first-order valence-electron chi connectivity index (χ1n) is 9.38. The highest BCUT2D eigenvalue weighted by atomic mass is 127. The van der Waals surface area contributed by atoms with E-state index in [0.717, 1.165) is 0 Å². The van der Waals surface area contributed by atoms with Crippen LogP contribution in [0.4, 0.5) is 0 Å². The number of phenols is 1. The van der Waals surface area contributed by atoms with Gasteiger partial charge in [-0.1, -0.05) is 0 Å². The molecule has 1 saturated carbocycles. The lowest BCUT2D eigenvalue weighted by Crippen LogP contribution is -2.65. The van der Waals surface area contributed by atoms with Crippen LogP contribution in [0, 0.1) is 9.49 Å². The molecule has 164 valence electrons. The van der Waals surface area contributed by atoms with Crippen molar-refractivity contribution in [3.63, 3.8) is 0 Å². The second kappa shape index (κ2) is 6.76. The van der Waals surface area contributed by atoms with E-state index in [9.17, 15) is 34.8 Å². The van der Waals surface area contributed by atoms with Gasteiger partial charge >= 0.3 is 0 Å². The summed E-state index contributed by atoms with van der Waals surface area (Å²) < 4.78 is 0.385. The van der Waals surface area contributed by atoms with Crippen LogP contribution in [0.3, 0.4) is 0 Å². The zero-order valence-electron chi connectivity index (χ0n) is 16.1. The van der Waals surface area contributed by atoms with Crippen molar-refractivity contribution < 1.29 is 34.8 Å². The summed E-state index contributed by atoms with van der Waals surface area (Å²) in [7, 11) is 0. The van der Waals surface area contributed by atoms with Gasteiger partial charge in [0.25, 0.3) is 5.91 Å². The van der Waals surface area contributed by atoms with Gasteiger partial charge in [0.1, 0.15) is 22.8 Å². The third-order valence-electron chi connectivity index (χ3n) is 6.47. The first-order chi connectivity index (χ1) is 14.4. The number of primary amides is 1. The lowest BCUT2D eigenvalue weighted by Gasteiger charge is -2.50. The third-order valence-corrected chi connectivity index (χ3v) is 7.29. The van der Waals surface area contributed by atoms with Crippen molar-refractivity contribution in [3.8, 4) is 5.75 Å². The van der Waals surface area contributed by atoms with Gasteiger partial charge in [-0.15, -0.1) is 0 Å². The Kier molecular flexibility index (Phi) is 4.74. The largest absolute Gasteiger partial charge is 0.508 e. The van der Waals surface area contributed by atoms with Crippen LogP contribution in [0.25, 0.3) is 5.76 Å². The van der Waals surface area contributed by atoms with Crippen molar-refractivity contribution in [2.75, 3.05) is 0 Å². The van der Waals surface area contributed by atoms with Crippen LogP contribution in [-0.2, 0) is 27.3 Å². The van der Waals surface area contributed by atoms with Gasteiger partial charge in [0.2, 0.25) is 5.78 Å². The standard InChI is InChI=1S/C20H20IN3O7/c21-9-1-6(5-22)8-4-19(24)3-7-2-10(25)12(18(23)30)16(28)20(7,31)17(29)13(19)15(27)11(8)14(9)26/h1,7,26-28,31H,2-5,22,24H2,(H2,23,30)/t7-,19+,20-/m1/s1. The van der Waals surface area contributed by atoms with Gasteiger partial charge in [-0.3, -0.25) is 14.4 Å². The summed E-state index contributed by atoms with van der Waals surface area (Å²) in [5.41, 5.74) is 13.2. The van der Waals surface area contributed by atoms with Crippen LogP contribution >= 0.6 is 22.6 Å². The van der Waals surface area contributed by atoms with Gasteiger partial charge < -0.3 is 37.6 Å². The molecule has 0 saturated heterocycles. The molecule has 4 rings (SSSR count). The zero-order chi connectivity index (χ0) is 23.0. The summed E-state index contributed by atoms with van der Waals surface area (Å²) in [6.45, 7) is 0.0859. The number of amides is 1. The quantitative estimate of drug-likeness (QED) is 0.191. The Morgan fingerprint density at radius 1 is 1.26 bits per heavy atom. The second-order valence-corrected chi connectivity index (χ2v) is 9.35. The first kappa shape index (κ1) is 21.7. The molecule has 3 aliphatic rings. The molecule has 10 N–H and O–H groups in total. The maximum absolute atomic E-state index is 13.5. The zero-order valence-corrected chi connectivity index (χ0v) is 18.3. The summed E-state index contributed by atoms with van der Waals surface area (Å²) in [5, 5.41) is 43.4.